The van der Waals surface area contributed by atoms with Gasteiger partial charge in [-0.15, -0.1) is 0 Å². The Labute approximate surface area is 207 Å². The van der Waals surface area contributed by atoms with Crippen molar-refractivity contribution in [1.29, 1.82) is 0 Å². The van der Waals surface area contributed by atoms with E-state index in [0.29, 0.717) is 27.5 Å². The van der Waals surface area contributed by atoms with Gasteiger partial charge in [0.2, 0.25) is 5.91 Å². The highest BCUT2D eigenvalue weighted by Crippen LogP contribution is 2.33. The van der Waals surface area contributed by atoms with Gasteiger partial charge in [-0.1, -0.05) is 0 Å². The van der Waals surface area contributed by atoms with E-state index in [4.69, 9.17) is 0 Å². The fourth-order valence-electron chi connectivity index (χ4n) is 3.47. The number of hydrogen-bond donors (Lipinski definition) is 3. The lowest BCUT2D eigenvalue weighted by molar-refractivity contribution is -0.150. The molecule has 1 aliphatic rings. The fourth-order valence-corrected chi connectivity index (χ4v) is 4.24. The summed E-state index contributed by atoms with van der Waals surface area (Å²) in [7, 11) is 0. The monoisotopic (exact) mass is 527 g/mol. The number of nitrogens with zero attached hydrogens (tertiary/aromatic N) is 4. The van der Waals surface area contributed by atoms with Gasteiger partial charge in [0.15, 0.2) is 5.16 Å². The zero-order chi connectivity index (χ0) is 25.9. The van der Waals surface area contributed by atoms with Crippen molar-refractivity contribution >= 4 is 40.8 Å². The Morgan fingerprint density at radius 3 is 2.44 bits per heavy atom. The van der Waals surface area contributed by atoms with Crippen LogP contribution in [0.2, 0.25) is 0 Å². The summed E-state index contributed by atoms with van der Waals surface area (Å²) in [6.45, 7) is 2.10. The second kappa shape index (κ2) is 10.3. The summed E-state index contributed by atoms with van der Waals surface area (Å²) in [5.74, 6) is -2.35. The SMILES string of the molecule is Cc1cc(Nc2cc(N3CCC(F)(F)CC3)nc(Sc3ccc(NC(=O)CC(F)(F)F)cc3)n2)[nH]n1. The molecule has 1 fully saturated rings. The summed E-state index contributed by atoms with van der Waals surface area (Å²) in [4.78, 5) is 23.0. The highest BCUT2D eigenvalue weighted by molar-refractivity contribution is 7.99. The Morgan fingerprint density at radius 2 is 1.83 bits per heavy atom. The number of rotatable bonds is 7. The lowest BCUT2D eigenvalue weighted by atomic mass is 10.1. The van der Waals surface area contributed by atoms with Crippen LogP contribution in [0, 0.1) is 6.92 Å². The van der Waals surface area contributed by atoms with Crippen molar-refractivity contribution in [3.63, 3.8) is 0 Å². The maximum absolute atomic E-state index is 13.7. The van der Waals surface area contributed by atoms with Gasteiger partial charge < -0.3 is 15.5 Å². The molecule has 0 aliphatic carbocycles. The number of aromatic amines is 1. The summed E-state index contributed by atoms with van der Waals surface area (Å²) in [6.07, 6.45) is -6.71. The summed E-state index contributed by atoms with van der Waals surface area (Å²) >= 11 is 1.18. The largest absolute Gasteiger partial charge is 0.397 e. The quantitative estimate of drug-likeness (QED) is 0.275. The number of aryl methyl sites for hydroxylation is 1. The van der Waals surface area contributed by atoms with Crippen LogP contribution in [0.3, 0.4) is 0 Å². The summed E-state index contributed by atoms with van der Waals surface area (Å²) in [5.41, 5.74) is 0.983. The molecule has 1 aliphatic heterocycles. The fraction of sp³-hybridized carbons (Fsp3) is 0.364. The van der Waals surface area contributed by atoms with E-state index < -0.39 is 24.4 Å². The molecule has 1 aromatic carbocycles. The second-order valence-corrected chi connectivity index (χ2v) is 9.29. The van der Waals surface area contributed by atoms with Crippen LogP contribution in [0.5, 0.6) is 0 Å². The predicted molar refractivity (Wildman–Crippen MR) is 125 cm³/mol. The van der Waals surface area contributed by atoms with Crippen LogP contribution >= 0.6 is 11.8 Å². The number of anilines is 4. The Bertz CT molecular complexity index is 1210. The van der Waals surface area contributed by atoms with E-state index >= 15 is 0 Å². The first kappa shape index (κ1) is 25.7. The molecule has 0 radical (unpaired) electrons. The van der Waals surface area contributed by atoms with E-state index in [1.807, 2.05) is 6.92 Å². The van der Waals surface area contributed by atoms with Crippen molar-refractivity contribution in [2.45, 2.75) is 48.3 Å². The molecule has 3 N–H and O–H groups in total. The van der Waals surface area contributed by atoms with Crippen molar-refractivity contribution in [1.82, 2.24) is 20.2 Å². The van der Waals surface area contributed by atoms with Crippen LogP contribution in [0.15, 0.2) is 46.5 Å². The van der Waals surface area contributed by atoms with Crippen LogP contribution in [0.25, 0.3) is 0 Å². The number of halogens is 5. The molecule has 0 saturated carbocycles. The van der Waals surface area contributed by atoms with Crippen molar-refractivity contribution < 1.29 is 26.7 Å². The lowest BCUT2D eigenvalue weighted by Crippen LogP contribution is -2.39. The number of H-pyrrole nitrogens is 1. The van der Waals surface area contributed by atoms with E-state index in [2.05, 4.69) is 30.8 Å². The number of piperidine rings is 1. The van der Waals surface area contributed by atoms with Gasteiger partial charge >= 0.3 is 6.18 Å². The normalized spacial score (nSPS) is 15.6. The summed E-state index contributed by atoms with van der Waals surface area (Å²) in [6, 6.07) is 9.61. The Morgan fingerprint density at radius 1 is 1.14 bits per heavy atom. The van der Waals surface area contributed by atoms with Crippen LogP contribution in [-0.4, -0.2) is 51.3 Å². The standard InChI is InChI=1S/C22H22F5N7OS/c1-13-10-17(33-32-13)29-16-11-18(34-8-6-21(23,24)7-9-34)31-20(30-16)36-15-4-2-14(3-5-15)28-19(35)12-22(25,26)27/h2-5,10-11H,6-9,12H2,1H3,(H,28,35)(H2,29,30,31,32,33). The molecular weight excluding hydrogens is 505 g/mol. The number of benzene rings is 1. The Balaban J connectivity index is 1.51. The number of carbonyl (C=O) groups excluding carboxylic acids is 1. The van der Waals surface area contributed by atoms with E-state index in [1.54, 1.807) is 29.2 Å². The second-order valence-electron chi connectivity index (χ2n) is 8.25. The third-order valence-corrected chi connectivity index (χ3v) is 6.06. The molecule has 3 aromatic rings. The number of amides is 1. The number of alkyl halides is 5. The van der Waals surface area contributed by atoms with Crippen molar-refractivity contribution in [2.75, 3.05) is 28.6 Å². The zero-order valence-corrected chi connectivity index (χ0v) is 19.8. The predicted octanol–water partition coefficient (Wildman–Crippen LogP) is 5.53. The van der Waals surface area contributed by atoms with E-state index in [-0.39, 0.29) is 31.6 Å². The zero-order valence-electron chi connectivity index (χ0n) is 19.0. The molecule has 14 heteroatoms. The van der Waals surface area contributed by atoms with Gasteiger partial charge in [-0.25, -0.2) is 18.7 Å². The molecule has 2 aromatic heterocycles. The van der Waals surface area contributed by atoms with Gasteiger partial charge in [-0.3, -0.25) is 9.89 Å². The molecule has 1 saturated heterocycles. The smallest absolute Gasteiger partial charge is 0.356 e. The number of aromatic nitrogens is 4. The average Bonchev–Trinajstić information content (AvgIpc) is 3.18. The molecule has 0 atom stereocenters. The topological polar surface area (TPSA) is 98.8 Å². The first-order valence-electron chi connectivity index (χ1n) is 10.9. The highest BCUT2D eigenvalue weighted by Gasteiger charge is 2.34. The number of nitrogens with one attached hydrogen (secondary N) is 3. The average molecular weight is 528 g/mol. The van der Waals surface area contributed by atoms with Gasteiger partial charge in [-0.2, -0.15) is 18.3 Å². The third kappa shape index (κ3) is 7.29. The van der Waals surface area contributed by atoms with Crippen LogP contribution < -0.4 is 15.5 Å². The van der Waals surface area contributed by atoms with Gasteiger partial charge in [0, 0.05) is 48.6 Å². The van der Waals surface area contributed by atoms with Crippen molar-refractivity contribution in [3.05, 3.63) is 42.1 Å². The molecule has 8 nitrogen and oxygen atoms in total. The molecule has 0 spiro atoms. The Hall–Kier alpha value is -3.42. The first-order valence-corrected chi connectivity index (χ1v) is 11.7. The molecule has 3 heterocycles. The first-order chi connectivity index (χ1) is 16.9. The van der Waals surface area contributed by atoms with Gasteiger partial charge in [0.25, 0.3) is 5.92 Å². The minimum Gasteiger partial charge on any atom is -0.356 e. The number of carbonyl (C=O) groups is 1. The minimum absolute atomic E-state index is 0.142. The highest BCUT2D eigenvalue weighted by atomic mass is 32.2. The Kier molecular flexibility index (Phi) is 7.33. The van der Waals surface area contributed by atoms with Crippen molar-refractivity contribution in [2.24, 2.45) is 0 Å². The van der Waals surface area contributed by atoms with Crippen LogP contribution in [0.4, 0.5) is 45.1 Å². The van der Waals surface area contributed by atoms with Crippen LogP contribution in [-0.2, 0) is 4.79 Å². The molecule has 0 bridgehead atoms. The molecule has 4 rings (SSSR count). The molecule has 192 valence electrons. The summed E-state index contributed by atoms with van der Waals surface area (Å²) < 4.78 is 64.4. The molecule has 0 unspecified atom stereocenters. The minimum atomic E-state index is -4.59. The van der Waals surface area contributed by atoms with Crippen molar-refractivity contribution in [3.8, 4) is 0 Å². The van der Waals surface area contributed by atoms with E-state index in [1.165, 1.54) is 23.9 Å². The van der Waals surface area contributed by atoms with E-state index in [9.17, 15) is 26.7 Å². The maximum atomic E-state index is 13.7. The van der Waals surface area contributed by atoms with Gasteiger partial charge in [0.1, 0.15) is 23.9 Å². The van der Waals surface area contributed by atoms with Gasteiger partial charge in [-0.05, 0) is 43.0 Å². The third-order valence-electron chi connectivity index (χ3n) is 5.19. The molecule has 1 amide bonds. The number of hydrogen-bond acceptors (Lipinski definition) is 7. The van der Waals surface area contributed by atoms with E-state index in [0.717, 1.165) is 5.69 Å². The molecule has 36 heavy (non-hydrogen) atoms. The lowest BCUT2D eigenvalue weighted by Gasteiger charge is -2.32. The molecular formula is C22H22F5N7OS. The maximum Gasteiger partial charge on any atom is 0.397 e. The van der Waals surface area contributed by atoms with Gasteiger partial charge in [0.05, 0.1) is 5.69 Å². The summed E-state index contributed by atoms with van der Waals surface area (Å²) in [5, 5.41) is 12.5. The van der Waals surface area contributed by atoms with Crippen LogP contribution in [0.1, 0.15) is 25.0 Å².